The number of rotatable bonds is 0. The summed E-state index contributed by atoms with van der Waals surface area (Å²) in [7, 11) is 0. The summed E-state index contributed by atoms with van der Waals surface area (Å²) in [5.41, 5.74) is 7.96. The van der Waals surface area contributed by atoms with Crippen LogP contribution in [0.1, 0.15) is 12.8 Å². The van der Waals surface area contributed by atoms with Gasteiger partial charge in [0.15, 0.2) is 0 Å². The number of aliphatic imine (C=N–C) groups is 3. The van der Waals surface area contributed by atoms with Crippen LogP contribution in [-0.2, 0) is 0 Å². The molecular weight excluding hydrogens is 324 g/mol. The SMILES string of the molecule is OC=C1C=C2C=C3CCC(=CC4=NC(=CC5=NC(=CC1=N2)C=C5)C=C4)N3. The van der Waals surface area contributed by atoms with Crippen LogP contribution in [0, 0.1) is 0 Å². The zero-order valence-electron chi connectivity index (χ0n) is 14.0. The highest BCUT2D eigenvalue weighted by Gasteiger charge is 2.18. The fourth-order valence-corrected chi connectivity index (χ4v) is 3.34. The molecule has 5 nitrogen and oxygen atoms in total. The first-order chi connectivity index (χ1) is 12.7. The summed E-state index contributed by atoms with van der Waals surface area (Å²) in [6.45, 7) is 0. The van der Waals surface area contributed by atoms with Gasteiger partial charge < -0.3 is 10.4 Å². The van der Waals surface area contributed by atoms with Gasteiger partial charge in [-0.15, -0.1) is 0 Å². The molecule has 0 radical (unpaired) electrons. The summed E-state index contributed by atoms with van der Waals surface area (Å²) in [5.74, 6) is 0. The molecule has 1 saturated heterocycles. The van der Waals surface area contributed by atoms with E-state index in [0.717, 1.165) is 59.0 Å². The Morgan fingerprint density at radius 3 is 2.19 bits per heavy atom. The summed E-state index contributed by atoms with van der Waals surface area (Å²) in [6, 6.07) is 0. The monoisotopic (exact) mass is 340 g/mol. The number of nitrogens with one attached hydrogen (secondary N) is 1. The summed E-state index contributed by atoms with van der Waals surface area (Å²) in [5, 5.41) is 13.0. The highest BCUT2D eigenvalue weighted by Crippen LogP contribution is 2.26. The quantitative estimate of drug-likeness (QED) is 0.660. The molecule has 0 spiro atoms. The predicted molar refractivity (Wildman–Crippen MR) is 104 cm³/mol. The lowest BCUT2D eigenvalue weighted by molar-refractivity contribution is 0.471. The second-order valence-corrected chi connectivity index (χ2v) is 6.49. The Morgan fingerprint density at radius 1 is 0.731 bits per heavy atom. The smallest absolute Gasteiger partial charge is 0.0886 e. The predicted octanol–water partition coefficient (Wildman–Crippen LogP) is 3.72. The molecule has 0 atom stereocenters. The Morgan fingerprint density at radius 2 is 1.42 bits per heavy atom. The van der Waals surface area contributed by atoms with E-state index in [1.807, 2.05) is 48.6 Å². The molecule has 0 aromatic rings. The molecule has 8 bridgehead atoms. The van der Waals surface area contributed by atoms with Gasteiger partial charge in [-0.25, -0.2) is 15.0 Å². The molecule has 0 amide bonds. The van der Waals surface area contributed by atoms with E-state index in [0.29, 0.717) is 11.3 Å². The first-order valence-electron chi connectivity index (χ1n) is 8.55. The van der Waals surface area contributed by atoms with E-state index in [2.05, 4.69) is 26.4 Å². The summed E-state index contributed by atoms with van der Waals surface area (Å²) >= 11 is 0. The van der Waals surface area contributed by atoms with E-state index in [1.54, 1.807) is 0 Å². The van der Waals surface area contributed by atoms with Crippen molar-refractivity contribution in [2.75, 3.05) is 0 Å². The fourth-order valence-electron chi connectivity index (χ4n) is 3.34. The van der Waals surface area contributed by atoms with Gasteiger partial charge in [0.1, 0.15) is 0 Å². The molecule has 0 aromatic heterocycles. The summed E-state index contributed by atoms with van der Waals surface area (Å²) < 4.78 is 0. The minimum absolute atomic E-state index is 0.686. The third-order valence-electron chi connectivity index (χ3n) is 4.56. The first-order valence-corrected chi connectivity index (χ1v) is 8.55. The first kappa shape index (κ1) is 14.8. The van der Waals surface area contributed by atoms with Crippen molar-refractivity contribution < 1.29 is 5.11 Å². The normalized spacial score (nSPS) is 24.4. The van der Waals surface area contributed by atoms with Gasteiger partial charge in [0.25, 0.3) is 0 Å². The van der Waals surface area contributed by atoms with Crippen molar-refractivity contribution in [2.45, 2.75) is 12.8 Å². The maximum atomic E-state index is 9.54. The number of nitrogens with zero attached hydrogens (tertiary/aromatic N) is 3. The van der Waals surface area contributed by atoms with E-state index < -0.39 is 0 Å². The maximum absolute atomic E-state index is 9.54. The molecule has 126 valence electrons. The van der Waals surface area contributed by atoms with Crippen molar-refractivity contribution in [3.8, 4) is 0 Å². The largest absolute Gasteiger partial charge is 0.515 e. The topological polar surface area (TPSA) is 69.3 Å². The fraction of sp³-hybridized carbons (Fsp3) is 0.0952. The van der Waals surface area contributed by atoms with Gasteiger partial charge in [-0.05, 0) is 67.5 Å². The number of fused-ring (bicyclic) bond motifs is 5. The van der Waals surface area contributed by atoms with Crippen LogP contribution in [0.4, 0.5) is 0 Å². The number of hydrogen-bond donors (Lipinski definition) is 2. The van der Waals surface area contributed by atoms with E-state index in [4.69, 9.17) is 0 Å². The lowest BCUT2D eigenvalue weighted by atomic mass is 10.1. The third-order valence-corrected chi connectivity index (χ3v) is 4.56. The average molecular weight is 340 g/mol. The average Bonchev–Trinajstić information content (AvgIpc) is 3.39. The molecular formula is C21H16N4O. The Kier molecular flexibility index (Phi) is 3.31. The van der Waals surface area contributed by atoms with Crippen LogP contribution in [0.25, 0.3) is 0 Å². The van der Waals surface area contributed by atoms with Crippen LogP contribution < -0.4 is 5.32 Å². The van der Waals surface area contributed by atoms with Crippen LogP contribution >= 0.6 is 0 Å². The van der Waals surface area contributed by atoms with Gasteiger partial charge in [-0.2, -0.15) is 0 Å². The van der Waals surface area contributed by atoms with E-state index in [9.17, 15) is 5.11 Å². The Bertz CT molecular complexity index is 1050. The van der Waals surface area contributed by atoms with Crippen LogP contribution in [0.2, 0.25) is 0 Å². The maximum Gasteiger partial charge on any atom is 0.0886 e. The number of aliphatic hydroxyl groups is 1. The van der Waals surface area contributed by atoms with E-state index in [1.165, 1.54) is 0 Å². The Labute approximate surface area is 151 Å². The van der Waals surface area contributed by atoms with Crippen molar-refractivity contribution in [2.24, 2.45) is 15.0 Å². The molecule has 26 heavy (non-hydrogen) atoms. The zero-order valence-corrected chi connectivity index (χ0v) is 14.0. The van der Waals surface area contributed by atoms with Crippen LogP contribution in [0.15, 0.2) is 110 Å². The molecule has 5 aliphatic heterocycles. The van der Waals surface area contributed by atoms with Crippen LogP contribution in [0.5, 0.6) is 0 Å². The Hall–Kier alpha value is -3.47. The Balaban J connectivity index is 1.63. The number of allylic oxidation sites excluding steroid dienone is 12. The number of aliphatic hydroxyl groups excluding tert-OH is 1. The highest BCUT2D eigenvalue weighted by molar-refractivity contribution is 6.15. The second kappa shape index (κ2) is 5.81. The molecule has 5 aliphatic rings. The molecule has 0 saturated carbocycles. The molecule has 0 aliphatic carbocycles. The standard InChI is InChI=1S/C21H16N4O/c26-12-13-7-20-10-18-4-3-16(23-18)8-14-1-2-15(22-14)9-17-5-6-19(24-17)11-21(13)25-20/h1-2,5-12,23,26H,3-4H2. The van der Waals surface area contributed by atoms with Crippen LogP contribution in [0.3, 0.4) is 0 Å². The van der Waals surface area contributed by atoms with Gasteiger partial charge in [0, 0.05) is 17.0 Å². The molecule has 5 heteroatoms. The van der Waals surface area contributed by atoms with Crippen molar-refractivity contribution in [3.63, 3.8) is 0 Å². The van der Waals surface area contributed by atoms with Crippen molar-refractivity contribution in [1.82, 2.24) is 5.32 Å². The van der Waals surface area contributed by atoms with Crippen molar-refractivity contribution in [3.05, 3.63) is 95.0 Å². The minimum Gasteiger partial charge on any atom is -0.515 e. The molecule has 2 N–H and O–H groups in total. The summed E-state index contributed by atoms with van der Waals surface area (Å²) in [6.07, 6.45) is 20.7. The second-order valence-electron chi connectivity index (χ2n) is 6.49. The van der Waals surface area contributed by atoms with Gasteiger partial charge in [-0.1, -0.05) is 0 Å². The molecule has 1 fully saturated rings. The lowest BCUT2D eigenvalue weighted by Crippen LogP contribution is -2.04. The highest BCUT2D eigenvalue weighted by atomic mass is 16.2. The van der Waals surface area contributed by atoms with Crippen molar-refractivity contribution in [1.29, 1.82) is 0 Å². The minimum atomic E-state index is 0.686. The van der Waals surface area contributed by atoms with E-state index >= 15 is 0 Å². The third kappa shape index (κ3) is 2.73. The number of hydrogen-bond acceptors (Lipinski definition) is 5. The molecule has 0 aromatic carbocycles. The van der Waals surface area contributed by atoms with Gasteiger partial charge >= 0.3 is 0 Å². The molecule has 5 heterocycles. The van der Waals surface area contributed by atoms with Gasteiger partial charge in [0.05, 0.1) is 40.5 Å². The van der Waals surface area contributed by atoms with Gasteiger partial charge in [-0.3, -0.25) is 0 Å². The van der Waals surface area contributed by atoms with Crippen molar-refractivity contribution >= 4 is 17.1 Å². The van der Waals surface area contributed by atoms with Gasteiger partial charge in [0.2, 0.25) is 0 Å². The van der Waals surface area contributed by atoms with Crippen LogP contribution in [-0.4, -0.2) is 22.2 Å². The molecule has 5 rings (SSSR count). The zero-order chi connectivity index (χ0) is 17.5. The lowest BCUT2D eigenvalue weighted by Gasteiger charge is -2.00. The summed E-state index contributed by atoms with van der Waals surface area (Å²) in [4.78, 5) is 13.9. The molecule has 0 unspecified atom stereocenters. The van der Waals surface area contributed by atoms with E-state index in [-0.39, 0.29) is 0 Å².